The summed E-state index contributed by atoms with van der Waals surface area (Å²) in [5, 5.41) is -5.12. The summed E-state index contributed by atoms with van der Waals surface area (Å²) in [6.45, 7) is 1.68. The molecule has 0 saturated carbocycles. The second kappa shape index (κ2) is 4.60. The lowest BCUT2D eigenvalue weighted by Crippen LogP contribution is -2.57. The topological polar surface area (TPSA) is 116 Å². The Hall–Kier alpha value is -1.33. The highest BCUT2D eigenvalue weighted by Gasteiger charge is 2.62. The summed E-state index contributed by atoms with van der Waals surface area (Å²) in [7, 11) is -5.95. The molecule has 2 aliphatic rings. The molecule has 0 aromatic heterocycles. The van der Waals surface area contributed by atoms with Gasteiger partial charge in [0.1, 0.15) is 6.10 Å². The van der Waals surface area contributed by atoms with Gasteiger partial charge < -0.3 is 14.2 Å². The van der Waals surface area contributed by atoms with Gasteiger partial charge in [-0.05, 0) is 6.42 Å². The van der Waals surface area contributed by atoms with E-state index in [0.717, 1.165) is 0 Å². The van der Waals surface area contributed by atoms with Crippen LogP contribution in [-0.4, -0.2) is 48.7 Å². The third kappa shape index (κ3) is 2.15. The molecule has 0 aromatic carbocycles. The second-order valence-corrected chi connectivity index (χ2v) is 5.75. The molecule has 4 atom stereocenters. The predicted molar refractivity (Wildman–Crippen MR) is 54.9 cm³/mol. The van der Waals surface area contributed by atoms with Gasteiger partial charge in [-0.1, -0.05) is 6.92 Å². The molecule has 2 rings (SSSR count). The van der Waals surface area contributed by atoms with Crippen molar-refractivity contribution in [2.24, 2.45) is 5.92 Å². The zero-order valence-electron chi connectivity index (χ0n) is 9.99. The number of alkyl halides is 2. The first kappa shape index (κ1) is 15.1. The molecule has 0 radical (unpaired) electrons. The van der Waals surface area contributed by atoms with Gasteiger partial charge in [-0.3, -0.25) is 9.35 Å². The zero-order chi connectivity index (χ0) is 15.3. The number of halogens is 2. The Kier molecular flexibility index (Phi) is 3.47. The van der Waals surface area contributed by atoms with Crippen molar-refractivity contribution < 1.29 is 45.6 Å². The average Bonchev–Trinajstić information content (AvgIpc) is 2.56. The Labute approximate surface area is 111 Å². The van der Waals surface area contributed by atoms with Gasteiger partial charge in [-0.25, -0.2) is 4.79 Å². The van der Waals surface area contributed by atoms with Crippen molar-refractivity contribution in [2.45, 2.75) is 37.1 Å². The first-order valence-electron chi connectivity index (χ1n) is 5.51. The molecule has 4 unspecified atom stereocenters. The Morgan fingerprint density at radius 3 is 2.55 bits per heavy atom. The molecule has 0 bridgehead atoms. The van der Waals surface area contributed by atoms with E-state index in [9.17, 15) is 26.8 Å². The predicted octanol–water partition coefficient (Wildman–Crippen LogP) is -0.313. The molecule has 11 heteroatoms. The minimum absolute atomic E-state index is 0.391. The van der Waals surface area contributed by atoms with E-state index in [1.54, 1.807) is 6.92 Å². The van der Waals surface area contributed by atoms with Crippen LogP contribution in [0.1, 0.15) is 13.3 Å². The summed E-state index contributed by atoms with van der Waals surface area (Å²) < 4.78 is 68.6. The monoisotopic (exact) mass is 316 g/mol. The van der Waals surface area contributed by atoms with Crippen molar-refractivity contribution in [3.8, 4) is 0 Å². The second-order valence-electron chi connectivity index (χ2n) is 4.28. The lowest BCUT2D eigenvalue weighted by Gasteiger charge is -2.38. The van der Waals surface area contributed by atoms with E-state index >= 15 is 0 Å². The van der Waals surface area contributed by atoms with Gasteiger partial charge in [0.2, 0.25) is 6.29 Å². The van der Waals surface area contributed by atoms with Crippen molar-refractivity contribution in [3.63, 3.8) is 0 Å². The summed E-state index contributed by atoms with van der Waals surface area (Å²) in [5.41, 5.74) is 0. The molecule has 0 spiro atoms. The molecule has 0 amide bonds. The lowest BCUT2D eigenvalue weighted by molar-refractivity contribution is -0.303. The number of ether oxygens (including phenoxy) is 3. The summed E-state index contributed by atoms with van der Waals surface area (Å²) in [6.07, 6.45) is -2.99. The molecule has 0 aliphatic carbocycles. The SMILES string of the molecule is CCC1C(=O)OC2C(OC(=O)C(F)(F)S(=O)(=O)O)OC12. The van der Waals surface area contributed by atoms with Crippen LogP contribution in [0.15, 0.2) is 0 Å². The maximum atomic E-state index is 12.9. The summed E-state index contributed by atoms with van der Waals surface area (Å²) >= 11 is 0. The van der Waals surface area contributed by atoms with Crippen molar-refractivity contribution in [1.82, 2.24) is 0 Å². The number of esters is 2. The number of carbonyl (C=O) groups excluding carboxylic acids is 2. The van der Waals surface area contributed by atoms with Gasteiger partial charge in [0.05, 0.1) is 5.92 Å². The first-order valence-corrected chi connectivity index (χ1v) is 6.95. The average molecular weight is 316 g/mol. The van der Waals surface area contributed by atoms with Crippen LogP contribution < -0.4 is 0 Å². The molecule has 8 nitrogen and oxygen atoms in total. The summed E-state index contributed by atoms with van der Waals surface area (Å²) in [6, 6.07) is 0. The maximum absolute atomic E-state index is 12.9. The summed E-state index contributed by atoms with van der Waals surface area (Å²) in [4.78, 5) is 22.3. The number of rotatable bonds is 4. The number of hydrogen-bond donors (Lipinski definition) is 1. The fourth-order valence-electron chi connectivity index (χ4n) is 1.95. The highest BCUT2D eigenvalue weighted by molar-refractivity contribution is 7.87. The van der Waals surface area contributed by atoms with Gasteiger partial charge in [0, 0.05) is 0 Å². The minimum atomic E-state index is -5.95. The number of carbonyl (C=O) groups is 2. The fraction of sp³-hybridized carbons (Fsp3) is 0.778. The van der Waals surface area contributed by atoms with E-state index in [1.165, 1.54) is 0 Å². The van der Waals surface area contributed by atoms with E-state index < -0.39 is 51.7 Å². The van der Waals surface area contributed by atoms with Crippen LogP contribution in [0.4, 0.5) is 8.78 Å². The summed E-state index contributed by atoms with van der Waals surface area (Å²) in [5.74, 6) is -3.70. The molecular weight excluding hydrogens is 306 g/mol. The van der Waals surface area contributed by atoms with E-state index in [-0.39, 0.29) is 0 Å². The molecule has 2 heterocycles. The third-order valence-corrected chi connectivity index (χ3v) is 3.87. The molecule has 2 aliphatic heterocycles. The van der Waals surface area contributed by atoms with E-state index in [1.807, 2.05) is 0 Å². The van der Waals surface area contributed by atoms with Crippen molar-refractivity contribution in [1.29, 1.82) is 0 Å². The smallest absolute Gasteiger partial charge is 0.453 e. The fourth-order valence-corrected chi connectivity index (χ4v) is 2.21. The van der Waals surface area contributed by atoms with Gasteiger partial charge in [0.15, 0.2) is 6.10 Å². The molecule has 2 fully saturated rings. The largest absolute Gasteiger partial charge is 0.465 e. The Balaban J connectivity index is 2.01. The van der Waals surface area contributed by atoms with E-state index in [2.05, 4.69) is 4.74 Å². The Bertz CT molecular complexity index is 544. The van der Waals surface area contributed by atoms with Gasteiger partial charge >= 0.3 is 27.3 Å². The van der Waals surface area contributed by atoms with Crippen LogP contribution in [0.3, 0.4) is 0 Å². The standard InChI is InChI=1S/C9H10F2O8S/c1-2-3-4-5(17-6(3)12)7(18-4)19-8(13)9(10,11)20(14,15)16/h3-5,7H,2H2,1H3,(H,14,15,16). The first-order chi connectivity index (χ1) is 9.09. The zero-order valence-corrected chi connectivity index (χ0v) is 10.8. The number of fused-ring (bicyclic) bond motifs is 1. The molecule has 2 saturated heterocycles. The Morgan fingerprint density at radius 2 is 2.05 bits per heavy atom. The highest BCUT2D eigenvalue weighted by atomic mass is 32.2. The Morgan fingerprint density at radius 1 is 1.45 bits per heavy atom. The normalized spacial score (nSPS) is 33.1. The van der Waals surface area contributed by atoms with Crippen LogP contribution in [-0.2, 0) is 33.9 Å². The van der Waals surface area contributed by atoms with Crippen LogP contribution in [0.25, 0.3) is 0 Å². The van der Waals surface area contributed by atoms with Crippen molar-refractivity contribution in [3.05, 3.63) is 0 Å². The van der Waals surface area contributed by atoms with Crippen LogP contribution in [0, 0.1) is 5.92 Å². The van der Waals surface area contributed by atoms with Gasteiger partial charge in [0.25, 0.3) is 0 Å². The molecular formula is C9H10F2O8S. The van der Waals surface area contributed by atoms with Crippen molar-refractivity contribution in [2.75, 3.05) is 0 Å². The number of hydrogen-bond acceptors (Lipinski definition) is 7. The van der Waals surface area contributed by atoms with Crippen LogP contribution in [0.5, 0.6) is 0 Å². The van der Waals surface area contributed by atoms with Crippen molar-refractivity contribution >= 4 is 22.1 Å². The van der Waals surface area contributed by atoms with E-state index in [4.69, 9.17) is 14.0 Å². The van der Waals surface area contributed by atoms with Crippen LogP contribution >= 0.6 is 0 Å². The minimum Gasteiger partial charge on any atom is -0.453 e. The third-order valence-electron chi connectivity index (χ3n) is 3.06. The lowest BCUT2D eigenvalue weighted by atomic mass is 9.94. The molecule has 20 heavy (non-hydrogen) atoms. The van der Waals surface area contributed by atoms with E-state index in [0.29, 0.717) is 6.42 Å². The van der Waals surface area contributed by atoms with Crippen LogP contribution in [0.2, 0.25) is 0 Å². The highest BCUT2D eigenvalue weighted by Crippen LogP contribution is 2.40. The molecule has 1 N–H and O–H groups in total. The van der Waals surface area contributed by atoms with Gasteiger partial charge in [-0.15, -0.1) is 0 Å². The van der Waals surface area contributed by atoms with Gasteiger partial charge in [-0.2, -0.15) is 17.2 Å². The molecule has 114 valence electrons. The quantitative estimate of drug-likeness (QED) is 0.554. The maximum Gasteiger partial charge on any atom is 0.465 e. The molecule has 0 aromatic rings.